The van der Waals surface area contributed by atoms with Crippen LogP contribution in [0.1, 0.15) is 5.82 Å². The Morgan fingerprint density at radius 3 is 1.67 bits per heavy atom. The van der Waals surface area contributed by atoms with Crippen LogP contribution in [-0.4, -0.2) is 24.1 Å². The summed E-state index contributed by atoms with van der Waals surface area (Å²) in [4.78, 5) is 14.9. The second-order valence-electron chi connectivity index (χ2n) is 13.4. The molecule has 0 spiro atoms. The summed E-state index contributed by atoms with van der Waals surface area (Å²) in [7, 11) is 0. The summed E-state index contributed by atoms with van der Waals surface area (Å²) < 4.78 is 4.68. The van der Waals surface area contributed by atoms with E-state index in [-0.39, 0.29) is 0 Å². The Morgan fingerprint density at radius 2 is 0.981 bits per heavy atom. The first-order valence-electron chi connectivity index (χ1n) is 18.0. The average molecular weight is 692 g/mol. The zero-order valence-electron chi connectivity index (χ0n) is 29.4. The monoisotopic (exact) mass is 691 g/mol. The zero-order valence-corrected chi connectivity index (χ0v) is 29.4. The van der Waals surface area contributed by atoms with Crippen molar-refractivity contribution in [2.24, 2.45) is 0 Å². The normalized spacial score (nSPS) is 11.5. The highest BCUT2D eigenvalue weighted by Crippen LogP contribution is 2.41. The Hall–Kier alpha value is -7.37. The lowest BCUT2D eigenvalue weighted by molar-refractivity contribution is 1.04. The maximum absolute atomic E-state index is 5.09. The zero-order chi connectivity index (χ0) is 36.2. The molecule has 0 N–H and O–H groups in total. The van der Waals surface area contributed by atoms with Crippen LogP contribution in [0.3, 0.4) is 0 Å². The number of nitrogens with zero attached hydrogens (tertiary/aromatic N) is 5. The molecule has 0 saturated carbocycles. The second kappa shape index (κ2) is 12.7. The van der Waals surface area contributed by atoms with Crippen molar-refractivity contribution < 1.29 is 0 Å². The predicted molar refractivity (Wildman–Crippen MR) is 224 cm³/mol. The van der Waals surface area contributed by atoms with E-state index in [1.54, 1.807) is 6.08 Å². The van der Waals surface area contributed by atoms with Crippen LogP contribution in [0.2, 0.25) is 0 Å². The molecule has 0 unspecified atom stereocenters. The SMILES string of the molecule is C=CC(=C)c1nc(-c2ccccc2)nc(-c2cccc3c2c2cc(-c4ccc5c(c4)c4ccccc4n5-c4ccccc4)ccc2n3-c2ccccc2)n1. The maximum Gasteiger partial charge on any atom is 0.164 e. The third-order valence-corrected chi connectivity index (χ3v) is 10.3. The molecule has 0 bridgehead atoms. The van der Waals surface area contributed by atoms with Gasteiger partial charge in [0.1, 0.15) is 0 Å². The molecule has 54 heavy (non-hydrogen) atoms. The Kier molecular flexibility index (Phi) is 7.37. The van der Waals surface area contributed by atoms with Crippen LogP contribution in [0.4, 0.5) is 0 Å². The van der Waals surface area contributed by atoms with Crippen LogP contribution in [-0.2, 0) is 0 Å². The molecular formula is C49H33N5. The summed E-state index contributed by atoms with van der Waals surface area (Å²) >= 11 is 0. The summed E-state index contributed by atoms with van der Waals surface area (Å²) in [5, 5.41) is 4.62. The molecule has 5 nitrogen and oxygen atoms in total. The van der Waals surface area contributed by atoms with E-state index in [0.717, 1.165) is 55.4 Å². The van der Waals surface area contributed by atoms with Crippen molar-refractivity contribution in [1.82, 2.24) is 24.1 Å². The van der Waals surface area contributed by atoms with Gasteiger partial charge in [0.05, 0.1) is 22.1 Å². The van der Waals surface area contributed by atoms with Crippen molar-refractivity contribution in [3.05, 3.63) is 195 Å². The molecule has 0 fully saturated rings. The lowest BCUT2D eigenvalue weighted by Gasteiger charge is -2.10. The summed E-state index contributed by atoms with van der Waals surface area (Å²) in [6.07, 6.45) is 1.69. The lowest BCUT2D eigenvalue weighted by atomic mass is 9.99. The largest absolute Gasteiger partial charge is 0.309 e. The molecule has 3 heterocycles. The Morgan fingerprint density at radius 1 is 0.444 bits per heavy atom. The Balaban J connectivity index is 1.23. The van der Waals surface area contributed by atoms with Gasteiger partial charge in [-0.25, -0.2) is 15.0 Å². The number of allylic oxidation sites excluding steroid dienone is 2. The van der Waals surface area contributed by atoms with E-state index < -0.39 is 0 Å². The first kappa shape index (κ1) is 31.4. The van der Waals surface area contributed by atoms with Gasteiger partial charge in [0.15, 0.2) is 17.5 Å². The molecule has 0 aliphatic heterocycles. The number of benzene rings is 7. The van der Waals surface area contributed by atoms with E-state index in [0.29, 0.717) is 23.0 Å². The van der Waals surface area contributed by atoms with Gasteiger partial charge < -0.3 is 9.13 Å². The number of hydrogen-bond acceptors (Lipinski definition) is 3. The molecule has 0 amide bonds. The summed E-state index contributed by atoms with van der Waals surface area (Å²) in [6.45, 7) is 8.15. The fourth-order valence-electron chi connectivity index (χ4n) is 7.75. The van der Waals surface area contributed by atoms with Crippen LogP contribution in [0.15, 0.2) is 189 Å². The average Bonchev–Trinajstić information content (AvgIpc) is 3.76. The lowest BCUT2D eigenvalue weighted by Crippen LogP contribution is -2.02. The van der Waals surface area contributed by atoms with E-state index in [4.69, 9.17) is 15.0 Å². The third-order valence-electron chi connectivity index (χ3n) is 10.3. The van der Waals surface area contributed by atoms with Gasteiger partial charge in [0.2, 0.25) is 0 Å². The molecular weight excluding hydrogens is 659 g/mol. The van der Waals surface area contributed by atoms with Gasteiger partial charge in [-0.2, -0.15) is 0 Å². The fraction of sp³-hybridized carbons (Fsp3) is 0. The quantitative estimate of drug-likeness (QED) is 0.156. The van der Waals surface area contributed by atoms with Gasteiger partial charge in [-0.05, 0) is 71.8 Å². The highest BCUT2D eigenvalue weighted by molar-refractivity contribution is 6.16. The summed E-state index contributed by atoms with van der Waals surface area (Å²) in [5.74, 6) is 1.67. The third kappa shape index (κ3) is 5.06. The minimum atomic E-state index is 0.501. The first-order chi connectivity index (χ1) is 26.7. The molecule has 5 heteroatoms. The number of rotatable bonds is 7. The van der Waals surface area contributed by atoms with Crippen LogP contribution < -0.4 is 0 Å². The van der Waals surface area contributed by atoms with Crippen molar-refractivity contribution in [3.8, 4) is 45.3 Å². The van der Waals surface area contributed by atoms with E-state index >= 15 is 0 Å². The number of aromatic nitrogens is 5. The molecule has 10 rings (SSSR count). The minimum Gasteiger partial charge on any atom is -0.309 e. The van der Waals surface area contributed by atoms with Gasteiger partial charge in [0.25, 0.3) is 0 Å². The van der Waals surface area contributed by atoms with E-state index in [1.807, 2.05) is 30.3 Å². The number of para-hydroxylation sites is 3. The minimum absolute atomic E-state index is 0.501. The standard InChI is InChI=1S/C49H33N5/c1-3-32(2)47-50-48(33-16-7-4-8-17-33)52-49(51-47)39-23-15-25-45-46(39)41-31-35(27-29-44(41)54(45)37-20-11-6-12-21-37)34-26-28-43-40(30-34)38-22-13-14-24-42(38)53(43)36-18-9-5-10-19-36/h3-31H,1-2H2. The molecule has 0 radical (unpaired) electrons. The van der Waals surface area contributed by atoms with Crippen molar-refractivity contribution in [1.29, 1.82) is 0 Å². The van der Waals surface area contributed by atoms with Crippen molar-refractivity contribution in [2.75, 3.05) is 0 Å². The van der Waals surface area contributed by atoms with Gasteiger partial charge in [-0.3, -0.25) is 0 Å². The van der Waals surface area contributed by atoms with Crippen molar-refractivity contribution in [2.45, 2.75) is 0 Å². The predicted octanol–water partition coefficient (Wildman–Crippen LogP) is 12.3. The summed E-state index contributed by atoms with van der Waals surface area (Å²) in [6, 6.07) is 59.8. The molecule has 0 aliphatic carbocycles. The fourth-order valence-corrected chi connectivity index (χ4v) is 7.75. The van der Waals surface area contributed by atoms with Gasteiger partial charge in [0, 0.05) is 49.6 Å². The first-order valence-corrected chi connectivity index (χ1v) is 18.0. The number of fused-ring (bicyclic) bond motifs is 6. The second-order valence-corrected chi connectivity index (χ2v) is 13.4. The summed E-state index contributed by atoms with van der Waals surface area (Å²) in [5.41, 5.74) is 11.5. The van der Waals surface area contributed by atoms with Crippen molar-refractivity contribution in [3.63, 3.8) is 0 Å². The van der Waals surface area contributed by atoms with Crippen molar-refractivity contribution >= 4 is 49.2 Å². The smallest absolute Gasteiger partial charge is 0.164 e. The van der Waals surface area contributed by atoms with Crippen LogP contribution in [0, 0.1) is 0 Å². The Bertz CT molecular complexity index is 3060. The highest BCUT2D eigenvalue weighted by atomic mass is 15.0. The van der Waals surface area contributed by atoms with Gasteiger partial charge in [-0.15, -0.1) is 0 Å². The number of hydrogen-bond donors (Lipinski definition) is 0. The van der Waals surface area contributed by atoms with Crippen LogP contribution >= 0.6 is 0 Å². The van der Waals surface area contributed by atoms with E-state index in [9.17, 15) is 0 Å². The molecule has 0 atom stereocenters. The molecule has 0 saturated heterocycles. The molecule has 10 aromatic rings. The van der Waals surface area contributed by atoms with Gasteiger partial charge >= 0.3 is 0 Å². The molecule has 7 aromatic carbocycles. The van der Waals surface area contributed by atoms with E-state index in [1.165, 1.54) is 21.8 Å². The van der Waals surface area contributed by atoms with Crippen LogP contribution in [0.25, 0.3) is 94.5 Å². The van der Waals surface area contributed by atoms with E-state index in [2.05, 4.69) is 162 Å². The topological polar surface area (TPSA) is 48.5 Å². The highest BCUT2D eigenvalue weighted by Gasteiger charge is 2.21. The van der Waals surface area contributed by atoms with Gasteiger partial charge in [-0.1, -0.05) is 128 Å². The van der Waals surface area contributed by atoms with Crippen LogP contribution in [0.5, 0.6) is 0 Å². The molecule has 3 aromatic heterocycles. The molecule has 0 aliphatic rings. The maximum atomic E-state index is 5.09. The molecule has 254 valence electrons. The Labute approximate surface area is 312 Å².